The maximum absolute atomic E-state index is 11.7. The van der Waals surface area contributed by atoms with Crippen LogP contribution in [0.15, 0.2) is 17.2 Å². The van der Waals surface area contributed by atoms with E-state index in [2.05, 4.69) is 4.98 Å². The molecule has 0 aliphatic heterocycles. The molecule has 2 atom stereocenters. The zero-order valence-corrected chi connectivity index (χ0v) is 10.1. The molecule has 1 fully saturated rings. The van der Waals surface area contributed by atoms with Gasteiger partial charge in [0.1, 0.15) is 0 Å². The lowest BCUT2D eigenvalue weighted by molar-refractivity contribution is 0.207. The fourth-order valence-electron chi connectivity index (χ4n) is 2.40. The standard InChI is InChI=1S/C12H19N3O2/c1-15-6-5-14-11(12(15)16)17-8-10-4-2-3-9(10)7-13/h5-6,9-10H,2-4,7-8,13H2,1H3. The molecule has 94 valence electrons. The van der Waals surface area contributed by atoms with Gasteiger partial charge < -0.3 is 15.0 Å². The third-order valence-electron chi connectivity index (χ3n) is 3.54. The Labute approximate surface area is 101 Å². The van der Waals surface area contributed by atoms with Gasteiger partial charge >= 0.3 is 5.56 Å². The van der Waals surface area contributed by atoms with Crippen molar-refractivity contribution in [3.05, 3.63) is 22.7 Å². The van der Waals surface area contributed by atoms with E-state index in [1.54, 1.807) is 19.4 Å². The van der Waals surface area contributed by atoms with E-state index in [9.17, 15) is 4.79 Å². The number of nitrogens with zero attached hydrogens (tertiary/aromatic N) is 2. The van der Waals surface area contributed by atoms with Crippen molar-refractivity contribution in [2.45, 2.75) is 19.3 Å². The normalized spacial score (nSPS) is 23.9. The van der Waals surface area contributed by atoms with Gasteiger partial charge in [-0.05, 0) is 31.2 Å². The van der Waals surface area contributed by atoms with Crippen LogP contribution in [0.25, 0.3) is 0 Å². The van der Waals surface area contributed by atoms with Crippen LogP contribution in [0.2, 0.25) is 0 Å². The van der Waals surface area contributed by atoms with E-state index >= 15 is 0 Å². The minimum Gasteiger partial charge on any atom is -0.473 e. The van der Waals surface area contributed by atoms with Gasteiger partial charge in [-0.25, -0.2) is 4.98 Å². The highest BCUT2D eigenvalue weighted by Crippen LogP contribution is 2.30. The van der Waals surface area contributed by atoms with E-state index in [-0.39, 0.29) is 11.4 Å². The maximum Gasteiger partial charge on any atom is 0.313 e. The van der Waals surface area contributed by atoms with Crippen molar-refractivity contribution in [3.63, 3.8) is 0 Å². The van der Waals surface area contributed by atoms with E-state index < -0.39 is 0 Å². The average molecular weight is 237 g/mol. The first-order valence-electron chi connectivity index (χ1n) is 6.07. The first kappa shape index (κ1) is 12.1. The third-order valence-corrected chi connectivity index (χ3v) is 3.54. The van der Waals surface area contributed by atoms with E-state index in [1.165, 1.54) is 17.4 Å². The summed E-state index contributed by atoms with van der Waals surface area (Å²) in [6, 6.07) is 0. The first-order valence-corrected chi connectivity index (χ1v) is 6.07. The van der Waals surface area contributed by atoms with Gasteiger partial charge in [-0.3, -0.25) is 4.79 Å². The predicted octanol–water partition coefficient (Wildman–Crippen LogP) is 0.534. The molecule has 0 spiro atoms. The van der Waals surface area contributed by atoms with Crippen molar-refractivity contribution >= 4 is 0 Å². The minimum atomic E-state index is -0.185. The summed E-state index contributed by atoms with van der Waals surface area (Å²) in [4.78, 5) is 15.6. The average Bonchev–Trinajstić information content (AvgIpc) is 2.78. The molecule has 1 aliphatic rings. The molecular weight excluding hydrogens is 218 g/mol. The van der Waals surface area contributed by atoms with Crippen LogP contribution >= 0.6 is 0 Å². The summed E-state index contributed by atoms with van der Waals surface area (Å²) < 4.78 is 7.00. The second-order valence-electron chi connectivity index (χ2n) is 4.65. The lowest BCUT2D eigenvalue weighted by Crippen LogP contribution is -2.26. The quantitative estimate of drug-likeness (QED) is 0.829. The van der Waals surface area contributed by atoms with Gasteiger partial charge in [-0.1, -0.05) is 6.42 Å². The Kier molecular flexibility index (Phi) is 3.78. The zero-order valence-electron chi connectivity index (χ0n) is 10.1. The highest BCUT2D eigenvalue weighted by molar-refractivity contribution is 5.04. The first-order chi connectivity index (χ1) is 8.22. The minimum absolute atomic E-state index is 0.185. The summed E-state index contributed by atoms with van der Waals surface area (Å²) in [5.74, 6) is 1.19. The highest BCUT2D eigenvalue weighted by atomic mass is 16.5. The summed E-state index contributed by atoms with van der Waals surface area (Å²) in [6.45, 7) is 1.25. The van der Waals surface area contributed by atoms with Gasteiger partial charge in [-0.15, -0.1) is 0 Å². The number of aryl methyl sites for hydroxylation is 1. The maximum atomic E-state index is 11.7. The molecule has 0 saturated heterocycles. The molecule has 17 heavy (non-hydrogen) atoms. The van der Waals surface area contributed by atoms with Crippen LogP contribution in [-0.2, 0) is 7.05 Å². The number of hydrogen-bond acceptors (Lipinski definition) is 4. The Bertz CT molecular complexity index is 430. The Morgan fingerprint density at radius 3 is 3.06 bits per heavy atom. The second kappa shape index (κ2) is 5.31. The molecule has 1 aromatic heterocycles. The van der Waals surface area contributed by atoms with Crippen molar-refractivity contribution < 1.29 is 4.74 Å². The van der Waals surface area contributed by atoms with Crippen molar-refractivity contribution in [2.24, 2.45) is 24.6 Å². The zero-order chi connectivity index (χ0) is 12.3. The van der Waals surface area contributed by atoms with Gasteiger partial charge in [-0.2, -0.15) is 0 Å². The summed E-state index contributed by atoms with van der Waals surface area (Å²) in [6.07, 6.45) is 6.70. The summed E-state index contributed by atoms with van der Waals surface area (Å²) in [5, 5.41) is 0. The van der Waals surface area contributed by atoms with Crippen molar-refractivity contribution in [3.8, 4) is 5.88 Å². The van der Waals surface area contributed by atoms with Gasteiger partial charge in [0.25, 0.3) is 5.88 Å². The van der Waals surface area contributed by atoms with Crippen molar-refractivity contribution in [1.82, 2.24) is 9.55 Å². The van der Waals surface area contributed by atoms with Crippen molar-refractivity contribution in [2.75, 3.05) is 13.2 Å². The van der Waals surface area contributed by atoms with Crippen LogP contribution in [-0.4, -0.2) is 22.7 Å². The lowest BCUT2D eigenvalue weighted by atomic mass is 9.97. The summed E-state index contributed by atoms with van der Waals surface area (Å²) in [5.41, 5.74) is 5.52. The van der Waals surface area contributed by atoms with Crippen LogP contribution in [0.5, 0.6) is 5.88 Å². The number of hydrogen-bond donors (Lipinski definition) is 1. The summed E-state index contributed by atoms with van der Waals surface area (Å²) in [7, 11) is 1.69. The molecule has 0 bridgehead atoms. The molecular formula is C12H19N3O2. The van der Waals surface area contributed by atoms with Gasteiger partial charge in [0.2, 0.25) is 0 Å². The van der Waals surface area contributed by atoms with Gasteiger partial charge in [0.15, 0.2) is 0 Å². The van der Waals surface area contributed by atoms with Crippen molar-refractivity contribution in [1.29, 1.82) is 0 Å². The van der Waals surface area contributed by atoms with Crippen LogP contribution in [0.3, 0.4) is 0 Å². The van der Waals surface area contributed by atoms with E-state index in [0.29, 0.717) is 25.0 Å². The molecule has 2 unspecified atom stereocenters. The van der Waals surface area contributed by atoms with Crippen LogP contribution in [0.4, 0.5) is 0 Å². The summed E-state index contributed by atoms with van der Waals surface area (Å²) >= 11 is 0. The monoisotopic (exact) mass is 237 g/mol. The molecule has 5 heteroatoms. The second-order valence-corrected chi connectivity index (χ2v) is 4.65. The number of ether oxygens (including phenoxy) is 1. The topological polar surface area (TPSA) is 70.1 Å². The Balaban J connectivity index is 1.98. The van der Waals surface area contributed by atoms with Gasteiger partial charge in [0, 0.05) is 19.4 Å². The van der Waals surface area contributed by atoms with Crippen LogP contribution in [0, 0.1) is 11.8 Å². The molecule has 1 saturated carbocycles. The fourth-order valence-corrected chi connectivity index (χ4v) is 2.40. The van der Waals surface area contributed by atoms with Crippen LogP contribution < -0.4 is 16.0 Å². The molecule has 0 aromatic carbocycles. The Morgan fingerprint density at radius 2 is 2.29 bits per heavy atom. The van der Waals surface area contributed by atoms with Crippen LogP contribution in [0.1, 0.15) is 19.3 Å². The van der Waals surface area contributed by atoms with E-state index in [4.69, 9.17) is 10.5 Å². The van der Waals surface area contributed by atoms with Gasteiger partial charge in [0.05, 0.1) is 6.61 Å². The highest BCUT2D eigenvalue weighted by Gasteiger charge is 2.26. The number of aromatic nitrogens is 2. The number of rotatable bonds is 4. The molecule has 0 amide bonds. The fraction of sp³-hybridized carbons (Fsp3) is 0.667. The molecule has 1 aliphatic carbocycles. The lowest BCUT2D eigenvalue weighted by Gasteiger charge is -2.17. The van der Waals surface area contributed by atoms with E-state index in [0.717, 1.165) is 6.42 Å². The SMILES string of the molecule is Cn1ccnc(OCC2CCCC2CN)c1=O. The Hall–Kier alpha value is -1.36. The molecule has 1 aromatic rings. The predicted molar refractivity (Wildman–Crippen MR) is 64.9 cm³/mol. The molecule has 2 N–H and O–H groups in total. The molecule has 2 rings (SSSR count). The molecule has 5 nitrogen and oxygen atoms in total. The third kappa shape index (κ3) is 2.66. The largest absolute Gasteiger partial charge is 0.473 e. The molecule has 1 heterocycles. The number of nitrogens with two attached hydrogens (primary N) is 1. The molecule has 0 radical (unpaired) electrons. The Morgan fingerprint density at radius 1 is 1.53 bits per heavy atom. The van der Waals surface area contributed by atoms with E-state index in [1.807, 2.05) is 0 Å². The smallest absolute Gasteiger partial charge is 0.313 e.